The molecular formula is C18H17NO4. The van der Waals surface area contributed by atoms with Gasteiger partial charge in [0.1, 0.15) is 16.7 Å². The first kappa shape index (κ1) is 15.0. The largest absolute Gasteiger partial charge is 0.504 e. The van der Waals surface area contributed by atoms with E-state index in [1.807, 2.05) is 26.0 Å². The van der Waals surface area contributed by atoms with Gasteiger partial charge in [0, 0.05) is 17.0 Å². The van der Waals surface area contributed by atoms with E-state index in [1.165, 1.54) is 13.2 Å². The summed E-state index contributed by atoms with van der Waals surface area (Å²) < 4.78 is 11.1. The summed E-state index contributed by atoms with van der Waals surface area (Å²) >= 11 is 0. The zero-order valence-corrected chi connectivity index (χ0v) is 13.1. The van der Waals surface area contributed by atoms with Gasteiger partial charge in [-0.1, -0.05) is 5.16 Å². The Labute approximate surface area is 133 Å². The Morgan fingerprint density at radius 1 is 1.04 bits per heavy atom. The van der Waals surface area contributed by atoms with E-state index < -0.39 is 0 Å². The van der Waals surface area contributed by atoms with E-state index in [9.17, 15) is 10.3 Å². The van der Waals surface area contributed by atoms with E-state index >= 15 is 0 Å². The van der Waals surface area contributed by atoms with Crippen LogP contribution in [0.3, 0.4) is 0 Å². The van der Waals surface area contributed by atoms with Crippen molar-refractivity contribution >= 4 is 11.0 Å². The molecule has 2 N–H and O–H groups in total. The van der Waals surface area contributed by atoms with Crippen molar-refractivity contribution in [3.05, 3.63) is 52.9 Å². The summed E-state index contributed by atoms with van der Waals surface area (Å²) in [6, 6.07) is 10.4. The predicted molar refractivity (Wildman–Crippen MR) is 86.7 cm³/mol. The van der Waals surface area contributed by atoms with Crippen LogP contribution in [0, 0.1) is 13.8 Å². The van der Waals surface area contributed by atoms with Crippen LogP contribution < -0.4 is 10.1 Å². The van der Waals surface area contributed by atoms with Gasteiger partial charge in [-0.05, 0) is 55.3 Å². The molecule has 0 saturated carbocycles. The molecule has 5 nitrogen and oxygen atoms in total. The third kappa shape index (κ3) is 2.61. The molecule has 0 aliphatic rings. The number of hydrogen-bond acceptors (Lipinski definition) is 5. The molecule has 0 bridgehead atoms. The third-order valence-corrected chi connectivity index (χ3v) is 3.93. The second-order valence-electron chi connectivity index (χ2n) is 5.42. The number of aromatic hydroxyl groups is 1. The highest BCUT2D eigenvalue weighted by molar-refractivity contribution is 5.80. The van der Waals surface area contributed by atoms with Crippen molar-refractivity contribution in [2.24, 2.45) is 5.16 Å². The van der Waals surface area contributed by atoms with Gasteiger partial charge in [-0.25, -0.2) is 0 Å². The summed E-state index contributed by atoms with van der Waals surface area (Å²) in [5.74, 6) is 0.919. The van der Waals surface area contributed by atoms with E-state index in [1.54, 1.807) is 18.2 Å². The van der Waals surface area contributed by atoms with Crippen LogP contribution >= 0.6 is 0 Å². The number of rotatable bonds is 2. The van der Waals surface area contributed by atoms with Gasteiger partial charge in [-0.15, -0.1) is 0 Å². The van der Waals surface area contributed by atoms with E-state index in [-0.39, 0.29) is 5.75 Å². The normalized spacial score (nSPS) is 11.9. The maximum Gasteiger partial charge on any atom is 0.161 e. The average molecular weight is 311 g/mol. The first-order chi connectivity index (χ1) is 11.0. The first-order valence-electron chi connectivity index (χ1n) is 7.14. The minimum Gasteiger partial charge on any atom is -0.504 e. The Bertz CT molecular complexity index is 957. The molecule has 118 valence electrons. The standard InChI is InChI=1S/C18H17NO4/c1-10-6-13-14(19-21)9-16(23-17(13)7-11(10)2)12-4-5-15(20)18(8-12)22-3/h4-9,20-21H,1-3H3/b19-14+. The summed E-state index contributed by atoms with van der Waals surface area (Å²) in [5.41, 5.74) is 3.53. The highest BCUT2D eigenvalue weighted by Crippen LogP contribution is 2.32. The number of ether oxygens (including phenoxy) is 1. The number of hydrogen-bond donors (Lipinski definition) is 2. The van der Waals surface area contributed by atoms with Gasteiger partial charge >= 0.3 is 0 Å². The lowest BCUT2D eigenvalue weighted by Gasteiger charge is -2.09. The summed E-state index contributed by atoms with van der Waals surface area (Å²) in [6.45, 7) is 3.99. The summed E-state index contributed by atoms with van der Waals surface area (Å²) in [4.78, 5) is 0. The van der Waals surface area contributed by atoms with E-state index in [0.29, 0.717) is 28.0 Å². The SMILES string of the molecule is COc1cc(-c2c/c(=N\O)c3cc(C)c(C)cc3o2)ccc1O. The number of methoxy groups -OCH3 is 1. The van der Waals surface area contributed by atoms with E-state index in [0.717, 1.165) is 16.5 Å². The maximum atomic E-state index is 9.71. The van der Waals surface area contributed by atoms with E-state index in [4.69, 9.17) is 9.15 Å². The lowest BCUT2D eigenvalue weighted by atomic mass is 10.1. The maximum absolute atomic E-state index is 9.71. The van der Waals surface area contributed by atoms with Gasteiger partial charge in [0.25, 0.3) is 0 Å². The fraction of sp³-hybridized carbons (Fsp3) is 0.167. The van der Waals surface area contributed by atoms with E-state index in [2.05, 4.69) is 5.16 Å². The van der Waals surface area contributed by atoms with Crippen molar-refractivity contribution in [1.29, 1.82) is 0 Å². The Balaban J connectivity index is 2.29. The molecule has 0 unspecified atom stereocenters. The van der Waals surface area contributed by atoms with Crippen molar-refractivity contribution in [1.82, 2.24) is 0 Å². The molecule has 0 amide bonds. The number of phenolic OH excluding ortho intramolecular Hbond substituents is 1. The zero-order valence-electron chi connectivity index (χ0n) is 13.1. The zero-order chi connectivity index (χ0) is 16.6. The molecule has 0 aliphatic carbocycles. The van der Waals surface area contributed by atoms with Crippen molar-refractivity contribution < 1.29 is 19.5 Å². The Hall–Kier alpha value is -2.95. The highest BCUT2D eigenvalue weighted by Gasteiger charge is 2.10. The van der Waals surface area contributed by atoms with Gasteiger partial charge < -0.3 is 19.5 Å². The quantitative estimate of drug-likeness (QED) is 0.558. The van der Waals surface area contributed by atoms with Crippen LogP contribution in [0.5, 0.6) is 11.5 Å². The van der Waals surface area contributed by atoms with Crippen LogP contribution in [0.15, 0.2) is 46.0 Å². The second kappa shape index (κ2) is 5.68. The number of nitrogens with zero attached hydrogens (tertiary/aromatic N) is 1. The van der Waals surface area contributed by atoms with Gasteiger partial charge in [-0.3, -0.25) is 0 Å². The van der Waals surface area contributed by atoms with Crippen LogP contribution in [-0.4, -0.2) is 17.4 Å². The Morgan fingerprint density at radius 3 is 2.48 bits per heavy atom. The molecule has 5 heteroatoms. The number of fused-ring (bicyclic) bond motifs is 1. The highest BCUT2D eigenvalue weighted by atomic mass is 16.5. The second-order valence-corrected chi connectivity index (χ2v) is 5.42. The Morgan fingerprint density at radius 2 is 1.78 bits per heavy atom. The summed E-state index contributed by atoms with van der Waals surface area (Å²) in [5, 5.41) is 23.6. The first-order valence-corrected chi connectivity index (χ1v) is 7.14. The van der Waals surface area contributed by atoms with Crippen molar-refractivity contribution in [3.63, 3.8) is 0 Å². The number of phenols is 1. The van der Waals surface area contributed by atoms with Crippen molar-refractivity contribution in [3.8, 4) is 22.8 Å². The number of aryl methyl sites for hydroxylation is 2. The lowest BCUT2D eigenvalue weighted by molar-refractivity contribution is 0.302. The fourth-order valence-electron chi connectivity index (χ4n) is 2.48. The minimum atomic E-state index is 0.0515. The molecule has 0 radical (unpaired) electrons. The molecule has 3 rings (SSSR count). The summed E-state index contributed by atoms with van der Waals surface area (Å²) in [7, 11) is 1.48. The minimum absolute atomic E-state index is 0.0515. The molecule has 0 saturated heterocycles. The molecule has 23 heavy (non-hydrogen) atoms. The van der Waals surface area contributed by atoms with Gasteiger partial charge in [0.05, 0.1) is 7.11 Å². The van der Waals surface area contributed by atoms with Crippen molar-refractivity contribution in [2.75, 3.05) is 7.11 Å². The van der Waals surface area contributed by atoms with Crippen LogP contribution in [0.2, 0.25) is 0 Å². The van der Waals surface area contributed by atoms with Gasteiger partial charge in [-0.2, -0.15) is 0 Å². The average Bonchev–Trinajstić information content (AvgIpc) is 2.55. The van der Waals surface area contributed by atoms with Crippen LogP contribution in [0.1, 0.15) is 11.1 Å². The monoisotopic (exact) mass is 311 g/mol. The lowest BCUT2D eigenvalue weighted by Crippen LogP contribution is -2.04. The van der Waals surface area contributed by atoms with Gasteiger partial charge in [0.2, 0.25) is 0 Å². The smallest absolute Gasteiger partial charge is 0.161 e. The predicted octanol–water partition coefficient (Wildman–Crippen LogP) is 3.72. The van der Waals surface area contributed by atoms with Gasteiger partial charge in [0.15, 0.2) is 11.5 Å². The topological polar surface area (TPSA) is 75.2 Å². The summed E-state index contributed by atoms with van der Waals surface area (Å²) in [6.07, 6.45) is 0. The molecule has 1 heterocycles. The molecule has 3 aromatic rings. The van der Waals surface area contributed by atoms with Crippen LogP contribution in [0.25, 0.3) is 22.3 Å². The number of benzene rings is 2. The molecule has 0 atom stereocenters. The molecule has 1 aromatic heterocycles. The molecule has 0 aliphatic heterocycles. The fourth-order valence-corrected chi connectivity index (χ4v) is 2.48. The molecule has 2 aromatic carbocycles. The third-order valence-electron chi connectivity index (χ3n) is 3.93. The van der Waals surface area contributed by atoms with Crippen LogP contribution in [-0.2, 0) is 0 Å². The van der Waals surface area contributed by atoms with Crippen molar-refractivity contribution in [2.45, 2.75) is 13.8 Å². The van der Waals surface area contributed by atoms with Crippen LogP contribution in [0.4, 0.5) is 0 Å². The molecule has 0 fully saturated rings. The molecule has 0 spiro atoms. The Kier molecular flexibility index (Phi) is 3.70. The molecular weight excluding hydrogens is 294 g/mol.